The summed E-state index contributed by atoms with van der Waals surface area (Å²) in [6.45, 7) is 6.62. The molecule has 1 saturated heterocycles. The van der Waals surface area contributed by atoms with Gasteiger partial charge in [-0.3, -0.25) is 4.79 Å². The van der Waals surface area contributed by atoms with Crippen molar-refractivity contribution in [1.29, 1.82) is 0 Å². The first-order chi connectivity index (χ1) is 18.2. The molecule has 38 heavy (non-hydrogen) atoms. The molecule has 2 atom stereocenters. The van der Waals surface area contributed by atoms with Gasteiger partial charge in [0, 0.05) is 13.1 Å². The largest absolute Gasteiger partial charge is 0.481 e. The van der Waals surface area contributed by atoms with Gasteiger partial charge in [-0.2, -0.15) is 0 Å². The van der Waals surface area contributed by atoms with Crippen LogP contribution in [-0.4, -0.2) is 47.4 Å². The molecule has 6 nitrogen and oxygen atoms in total. The molecule has 0 saturated carbocycles. The number of likely N-dealkylation sites (tertiary alicyclic amines) is 1. The van der Waals surface area contributed by atoms with E-state index in [1.165, 1.54) is 0 Å². The molecular formula is C32H37NO5. The highest BCUT2D eigenvalue weighted by molar-refractivity contribution is 5.77. The smallest absolute Gasteiger partial charge is 0.410 e. The quantitative estimate of drug-likeness (QED) is 0.355. The fourth-order valence-electron chi connectivity index (χ4n) is 5.11. The number of benzene rings is 3. The number of hydrogen-bond acceptors (Lipinski definition) is 4. The van der Waals surface area contributed by atoms with Crippen molar-refractivity contribution >= 4 is 12.1 Å². The van der Waals surface area contributed by atoms with E-state index in [4.69, 9.17) is 9.47 Å². The molecule has 1 amide bonds. The summed E-state index contributed by atoms with van der Waals surface area (Å²) in [6, 6.07) is 27.8. The number of hydrogen-bond donors (Lipinski definition) is 1. The number of aliphatic carboxylic acids is 1. The van der Waals surface area contributed by atoms with Crippen molar-refractivity contribution in [2.24, 2.45) is 11.3 Å². The lowest BCUT2D eigenvalue weighted by Gasteiger charge is -2.35. The van der Waals surface area contributed by atoms with Gasteiger partial charge in [0.15, 0.2) is 0 Å². The van der Waals surface area contributed by atoms with Gasteiger partial charge in [0.25, 0.3) is 0 Å². The average Bonchev–Trinajstić information content (AvgIpc) is 3.39. The summed E-state index contributed by atoms with van der Waals surface area (Å²) in [5.74, 6) is -1.20. The van der Waals surface area contributed by atoms with E-state index in [9.17, 15) is 14.7 Å². The lowest BCUT2D eigenvalue weighted by molar-refractivity contribution is -0.158. The van der Waals surface area contributed by atoms with Crippen molar-refractivity contribution in [2.45, 2.75) is 45.8 Å². The molecular weight excluding hydrogens is 478 g/mol. The molecule has 0 radical (unpaired) electrons. The summed E-state index contributed by atoms with van der Waals surface area (Å²) in [5, 5.41) is 10.7. The van der Waals surface area contributed by atoms with Crippen LogP contribution in [0.1, 0.15) is 38.3 Å². The van der Waals surface area contributed by atoms with Crippen LogP contribution in [0.5, 0.6) is 0 Å². The zero-order valence-electron chi connectivity index (χ0n) is 22.4. The second-order valence-electron chi connectivity index (χ2n) is 11.1. The minimum atomic E-state index is -1.21. The van der Waals surface area contributed by atoms with Crippen LogP contribution in [0.2, 0.25) is 0 Å². The van der Waals surface area contributed by atoms with Crippen LogP contribution < -0.4 is 0 Å². The fourth-order valence-corrected chi connectivity index (χ4v) is 5.11. The summed E-state index contributed by atoms with van der Waals surface area (Å²) in [5.41, 5.74) is 2.20. The molecule has 1 heterocycles. The summed E-state index contributed by atoms with van der Waals surface area (Å²) >= 11 is 0. The van der Waals surface area contributed by atoms with Gasteiger partial charge in [-0.25, -0.2) is 4.79 Å². The summed E-state index contributed by atoms with van der Waals surface area (Å²) in [7, 11) is 0. The molecule has 1 N–H and O–H groups in total. The van der Waals surface area contributed by atoms with Crippen LogP contribution in [-0.2, 0) is 27.3 Å². The van der Waals surface area contributed by atoms with E-state index >= 15 is 0 Å². The number of amides is 1. The first kappa shape index (κ1) is 27.4. The van der Waals surface area contributed by atoms with E-state index in [1.54, 1.807) is 4.90 Å². The Bertz CT molecular complexity index is 1220. The molecule has 1 aliphatic heterocycles. The molecule has 3 aromatic rings. The van der Waals surface area contributed by atoms with Crippen molar-refractivity contribution in [3.63, 3.8) is 0 Å². The van der Waals surface area contributed by atoms with Crippen LogP contribution in [0.15, 0.2) is 84.9 Å². The maximum atomic E-state index is 13.1. The summed E-state index contributed by atoms with van der Waals surface area (Å²) in [4.78, 5) is 27.5. The van der Waals surface area contributed by atoms with E-state index in [2.05, 4.69) is 6.07 Å². The molecule has 6 heteroatoms. The Morgan fingerprint density at radius 2 is 1.53 bits per heavy atom. The highest BCUT2D eigenvalue weighted by Gasteiger charge is 2.50. The minimum Gasteiger partial charge on any atom is -0.481 e. The summed E-state index contributed by atoms with van der Waals surface area (Å²) in [6.07, 6.45) is 0.457. The van der Waals surface area contributed by atoms with Gasteiger partial charge in [-0.1, -0.05) is 84.9 Å². The molecule has 0 aliphatic carbocycles. The number of carboxylic acid groups (broad SMARTS) is 1. The number of ether oxygens (including phenoxy) is 2. The van der Waals surface area contributed by atoms with Crippen LogP contribution in [0.3, 0.4) is 0 Å². The van der Waals surface area contributed by atoms with Gasteiger partial charge >= 0.3 is 12.1 Å². The molecule has 0 aromatic heterocycles. The Morgan fingerprint density at radius 3 is 2.18 bits per heavy atom. The van der Waals surface area contributed by atoms with Crippen molar-refractivity contribution in [2.75, 3.05) is 19.7 Å². The molecule has 1 unspecified atom stereocenters. The van der Waals surface area contributed by atoms with Gasteiger partial charge in [0.1, 0.15) is 5.60 Å². The maximum Gasteiger partial charge on any atom is 0.410 e. The van der Waals surface area contributed by atoms with Crippen molar-refractivity contribution in [3.8, 4) is 11.1 Å². The Hall–Kier alpha value is -3.64. The first-order valence-electron chi connectivity index (χ1n) is 13.1. The van der Waals surface area contributed by atoms with Gasteiger partial charge < -0.3 is 19.5 Å². The first-order valence-corrected chi connectivity index (χ1v) is 13.1. The third kappa shape index (κ3) is 6.81. The molecule has 1 aliphatic rings. The number of rotatable bonds is 9. The topological polar surface area (TPSA) is 76.1 Å². The Kier molecular flexibility index (Phi) is 8.52. The monoisotopic (exact) mass is 515 g/mol. The van der Waals surface area contributed by atoms with E-state index < -0.39 is 23.1 Å². The van der Waals surface area contributed by atoms with Gasteiger partial charge in [-0.05, 0) is 61.8 Å². The Labute approximate surface area is 225 Å². The SMILES string of the molecule is CC(C)(C)OC(=O)N1CC[C@H](C(COCc2ccccc2)(Cc2cccc(-c3ccccc3)c2)C(=O)O)C1. The summed E-state index contributed by atoms with van der Waals surface area (Å²) < 4.78 is 11.7. The van der Waals surface area contributed by atoms with E-state index in [-0.39, 0.29) is 12.5 Å². The average molecular weight is 516 g/mol. The van der Waals surface area contributed by atoms with E-state index in [0.29, 0.717) is 32.5 Å². The van der Waals surface area contributed by atoms with E-state index in [1.807, 2.05) is 99.6 Å². The number of nitrogens with zero attached hydrogens (tertiary/aromatic N) is 1. The predicted octanol–water partition coefficient (Wildman–Crippen LogP) is 6.44. The third-order valence-corrected chi connectivity index (χ3v) is 7.07. The van der Waals surface area contributed by atoms with Crippen LogP contribution in [0, 0.1) is 11.3 Å². The number of carboxylic acids is 1. The van der Waals surface area contributed by atoms with Crippen molar-refractivity contribution < 1.29 is 24.2 Å². The molecule has 200 valence electrons. The standard InChI is InChI=1S/C32H37NO5/c1-31(2,3)38-30(36)33-18-17-28(21-33)32(29(34)35,23-37-22-24-11-6-4-7-12-24)20-25-13-10-16-27(19-25)26-14-8-5-9-15-26/h4-16,19,28H,17-18,20-23H2,1-3H3,(H,34,35)/t28-,32?/m0/s1. The minimum absolute atomic E-state index is 0.0413. The zero-order valence-corrected chi connectivity index (χ0v) is 22.4. The van der Waals surface area contributed by atoms with Crippen LogP contribution in [0.4, 0.5) is 4.79 Å². The number of carbonyl (C=O) groups excluding carboxylic acids is 1. The predicted molar refractivity (Wildman–Crippen MR) is 148 cm³/mol. The zero-order chi connectivity index (χ0) is 27.2. The second-order valence-corrected chi connectivity index (χ2v) is 11.1. The highest BCUT2D eigenvalue weighted by atomic mass is 16.6. The Morgan fingerprint density at radius 1 is 0.895 bits per heavy atom. The van der Waals surface area contributed by atoms with Crippen molar-refractivity contribution in [3.05, 3.63) is 96.1 Å². The third-order valence-electron chi connectivity index (χ3n) is 7.07. The lowest BCUT2D eigenvalue weighted by Crippen LogP contribution is -2.46. The molecule has 4 rings (SSSR count). The molecule has 3 aromatic carbocycles. The van der Waals surface area contributed by atoms with Crippen LogP contribution >= 0.6 is 0 Å². The van der Waals surface area contributed by atoms with Gasteiger partial charge in [0.05, 0.1) is 18.6 Å². The van der Waals surface area contributed by atoms with Gasteiger partial charge in [0.2, 0.25) is 0 Å². The number of carbonyl (C=O) groups is 2. The fraction of sp³-hybridized carbons (Fsp3) is 0.375. The van der Waals surface area contributed by atoms with Crippen molar-refractivity contribution in [1.82, 2.24) is 4.90 Å². The van der Waals surface area contributed by atoms with Gasteiger partial charge in [-0.15, -0.1) is 0 Å². The van der Waals surface area contributed by atoms with E-state index in [0.717, 1.165) is 22.3 Å². The molecule has 0 bridgehead atoms. The lowest BCUT2D eigenvalue weighted by atomic mass is 9.71. The van der Waals surface area contributed by atoms with Crippen LogP contribution in [0.25, 0.3) is 11.1 Å². The normalized spacial score (nSPS) is 17.1. The Balaban J connectivity index is 1.61. The maximum absolute atomic E-state index is 13.1. The molecule has 0 spiro atoms. The highest BCUT2D eigenvalue weighted by Crippen LogP contribution is 2.40. The molecule has 1 fully saturated rings. The second kappa shape index (κ2) is 11.8.